The fourth-order valence-corrected chi connectivity index (χ4v) is 1.96. The van der Waals surface area contributed by atoms with Crippen LogP contribution >= 0.6 is 0 Å². The van der Waals surface area contributed by atoms with E-state index < -0.39 is 0 Å². The van der Waals surface area contributed by atoms with Gasteiger partial charge in [0, 0.05) is 44.2 Å². The normalized spacial score (nSPS) is 15.5. The van der Waals surface area contributed by atoms with Gasteiger partial charge in [0.05, 0.1) is 0 Å². The molecule has 0 spiro atoms. The summed E-state index contributed by atoms with van der Waals surface area (Å²) in [6.07, 6.45) is 7.04. The summed E-state index contributed by atoms with van der Waals surface area (Å²) in [6.45, 7) is 3.98. The molecule has 5 nitrogen and oxygen atoms in total. The number of hydrogen-bond donors (Lipinski definition) is 2. The number of hydrogen-bond acceptors (Lipinski definition) is 5. The molecule has 0 aliphatic carbocycles. The zero-order chi connectivity index (χ0) is 11.9. The molecular formula is C12H20N4O. The topological polar surface area (TPSA) is 61.3 Å². The van der Waals surface area contributed by atoms with Crippen molar-refractivity contribution in [3.63, 3.8) is 0 Å². The largest absolute Gasteiger partial charge is 0.396 e. The number of aliphatic hydroxyl groups is 1. The Morgan fingerprint density at radius 1 is 1.24 bits per heavy atom. The standard InChI is InChI=1S/C12H20N4O/c17-7-3-4-13-8-11-9-14-12(15-10-11)16-5-1-2-6-16/h9-10,13,17H,1-8H2. The maximum absolute atomic E-state index is 8.65. The van der Waals surface area contributed by atoms with E-state index >= 15 is 0 Å². The number of aromatic nitrogens is 2. The van der Waals surface area contributed by atoms with Gasteiger partial charge in [-0.05, 0) is 25.8 Å². The highest BCUT2D eigenvalue weighted by atomic mass is 16.3. The molecule has 94 valence electrons. The molecule has 1 fully saturated rings. The summed E-state index contributed by atoms with van der Waals surface area (Å²) < 4.78 is 0. The van der Waals surface area contributed by atoms with Gasteiger partial charge in [0.2, 0.25) is 5.95 Å². The SMILES string of the molecule is OCCCNCc1cnc(N2CCCC2)nc1. The summed E-state index contributed by atoms with van der Waals surface area (Å²) in [4.78, 5) is 11.0. The van der Waals surface area contributed by atoms with Crippen LogP contribution in [0, 0.1) is 0 Å². The predicted octanol–water partition coefficient (Wildman–Crippen LogP) is 0.549. The van der Waals surface area contributed by atoms with E-state index in [2.05, 4.69) is 20.2 Å². The number of aliphatic hydroxyl groups excluding tert-OH is 1. The Morgan fingerprint density at radius 3 is 2.59 bits per heavy atom. The monoisotopic (exact) mass is 236 g/mol. The second-order valence-electron chi connectivity index (χ2n) is 4.34. The molecule has 2 heterocycles. The second kappa shape index (κ2) is 6.51. The van der Waals surface area contributed by atoms with Crippen molar-refractivity contribution in [1.82, 2.24) is 15.3 Å². The molecule has 1 aromatic rings. The molecular weight excluding hydrogens is 216 g/mol. The van der Waals surface area contributed by atoms with Crippen molar-refractivity contribution in [2.75, 3.05) is 31.1 Å². The van der Waals surface area contributed by atoms with Gasteiger partial charge in [-0.2, -0.15) is 0 Å². The van der Waals surface area contributed by atoms with Gasteiger partial charge in [0.25, 0.3) is 0 Å². The van der Waals surface area contributed by atoms with Gasteiger partial charge in [0.15, 0.2) is 0 Å². The molecule has 0 atom stereocenters. The molecule has 0 radical (unpaired) electrons. The van der Waals surface area contributed by atoms with E-state index in [1.807, 2.05) is 12.4 Å². The van der Waals surface area contributed by atoms with Crippen LogP contribution in [0.25, 0.3) is 0 Å². The molecule has 1 aromatic heterocycles. The van der Waals surface area contributed by atoms with E-state index in [4.69, 9.17) is 5.11 Å². The van der Waals surface area contributed by atoms with Gasteiger partial charge in [-0.15, -0.1) is 0 Å². The average Bonchev–Trinajstić information content (AvgIpc) is 2.89. The fourth-order valence-electron chi connectivity index (χ4n) is 1.96. The molecule has 0 saturated carbocycles. The Balaban J connectivity index is 1.80. The highest BCUT2D eigenvalue weighted by Crippen LogP contribution is 2.14. The van der Waals surface area contributed by atoms with E-state index in [1.165, 1.54) is 12.8 Å². The highest BCUT2D eigenvalue weighted by Gasteiger charge is 2.14. The summed E-state index contributed by atoms with van der Waals surface area (Å²) in [7, 11) is 0. The lowest BCUT2D eigenvalue weighted by Crippen LogP contribution is -2.21. The van der Waals surface area contributed by atoms with Crippen molar-refractivity contribution in [1.29, 1.82) is 0 Å². The lowest BCUT2D eigenvalue weighted by molar-refractivity contribution is 0.286. The Labute approximate surface area is 102 Å². The van der Waals surface area contributed by atoms with Gasteiger partial charge in [-0.3, -0.25) is 0 Å². The first-order valence-electron chi connectivity index (χ1n) is 6.27. The van der Waals surface area contributed by atoms with Gasteiger partial charge < -0.3 is 15.3 Å². The zero-order valence-electron chi connectivity index (χ0n) is 10.1. The minimum absolute atomic E-state index is 0.234. The Hall–Kier alpha value is -1.20. The number of nitrogens with one attached hydrogen (secondary N) is 1. The number of rotatable bonds is 6. The molecule has 17 heavy (non-hydrogen) atoms. The fraction of sp³-hybridized carbons (Fsp3) is 0.667. The lowest BCUT2D eigenvalue weighted by atomic mass is 10.3. The molecule has 2 rings (SSSR count). The molecule has 1 aliphatic rings. The van der Waals surface area contributed by atoms with Gasteiger partial charge in [-0.25, -0.2) is 9.97 Å². The van der Waals surface area contributed by atoms with Crippen LogP contribution < -0.4 is 10.2 Å². The molecule has 5 heteroatoms. The molecule has 1 saturated heterocycles. The van der Waals surface area contributed by atoms with Crippen molar-refractivity contribution in [3.05, 3.63) is 18.0 Å². The van der Waals surface area contributed by atoms with E-state index in [1.54, 1.807) is 0 Å². The Kier molecular flexibility index (Phi) is 4.70. The van der Waals surface area contributed by atoms with Crippen LogP contribution in [0.1, 0.15) is 24.8 Å². The predicted molar refractivity (Wildman–Crippen MR) is 66.9 cm³/mol. The highest BCUT2D eigenvalue weighted by molar-refractivity contribution is 5.30. The van der Waals surface area contributed by atoms with Crippen LogP contribution in [0.2, 0.25) is 0 Å². The van der Waals surface area contributed by atoms with Crippen molar-refractivity contribution >= 4 is 5.95 Å². The first-order valence-corrected chi connectivity index (χ1v) is 6.27. The van der Waals surface area contributed by atoms with Crippen molar-refractivity contribution in [3.8, 4) is 0 Å². The first kappa shape index (κ1) is 12.3. The third-order valence-corrected chi connectivity index (χ3v) is 2.92. The van der Waals surface area contributed by atoms with Crippen LogP contribution in [-0.4, -0.2) is 41.3 Å². The molecule has 0 amide bonds. The quantitative estimate of drug-likeness (QED) is 0.706. The molecule has 0 aromatic carbocycles. The molecule has 1 aliphatic heterocycles. The maximum Gasteiger partial charge on any atom is 0.225 e. The molecule has 0 unspecified atom stereocenters. The third kappa shape index (κ3) is 3.64. The maximum atomic E-state index is 8.65. The summed E-state index contributed by atoms with van der Waals surface area (Å²) in [5, 5.41) is 11.9. The van der Waals surface area contributed by atoms with E-state index in [9.17, 15) is 0 Å². The average molecular weight is 236 g/mol. The first-order chi connectivity index (χ1) is 8.40. The smallest absolute Gasteiger partial charge is 0.225 e. The number of anilines is 1. The van der Waals surface area contributed by atoms with E-state index in [0.29, 0.717) is 0 Å². The van der Waals surface area contributed by atoms with Crippen molar-refractivity contribution in [2.24, 2.45) is 0 Å². The van der Waals surface area contributed by atoms with E-state index in [-0.39, 0.29) is 6.61 Å². The Morgan fingerprint density at radius 2 is 1.94 bits per heavy atom. The van der Waals surface area contributed by atoms with Crippen LogP contribution in [0.15, 0.2) is 12.4 Å². The molecule has 0 bridgehead atoms. The second-order valence-corrected chi connectivity index (χ2v) is 4.34. The van der Waals surface area contributed by atoms with Crippen LogP contribution in [-0.2, 0) is 6.54 Å². The summed E-state index contributed by atoms with van der Waals surface area (Å²) in [6, 6.07) is 0. The van der Waals surface area contributed by atoms with Crippen LogP contribution in [0.3, 0.4) is 0 Å². The van der Waals surface area contributed by atoms with Crippen LogP contribution in [0.4, 0.5) is 5.95 Å². The number of nitrogens with zero attached hydrogens (tertiary/aromatic N) is 3. The van der Waals surface area contributed by atoms with Crippen molar-refractivity contribution in [2.45, 2.75) is 25.8 Å². The summed E-state index contributed by atoms with van der Waals surface area (Å²) in [5.74, 6) is 0.849. The van der Waals surface area contributed by atoms with Crippen LogP contribution in [0.5, 0.6) is 0 Å². The minimum atomic E-state index is 0.234. The van der Waals surface area contributed by atoms with Gasteiger partial charge in [0.1, 0.15) is 0 Å². The van der Waals surface area contributed by atoms with Crippen molar-refractivity contribution < 1.29 is 5.11 Å². The summed E-state index contributed by atoms with van der Waals surface area (Å²) >= 11 is 0. The van der Waals surface area contributed by atoms with E-state index in [0.717, 1.165) is 44.1 Å². The minimum Gasteiger partial charge on any atom is -0.396 e. The van der Waals surface area contributed by atoms with Gasteiger partial charge in [-0.1, -0.05) is 0 Å². The zero-order valence-corrected chi connectivity index (χ0v) is 10.1. The third-order valence-electron chi connectivity index (χ3n) is 2.92. The lowest BCUT2D eigenvalue weighted by Gasteiger charge is -2.14. The van der Waals surface area contributed by atoms with Gasteiger partial charge >= 0.3 is 0 Å². The summed E-state index contributed by atoms with van der Waals surface area (Å²) in [5.41, 5.74) is 1.09. The molecule has 2 N–H and O–H groups in total. The Bertz CT molecular complexity index is 322.